The number of nitrogens with one attached hydrogen (secondary N) is 2. The third-order valence-electron chi connectivity index (χ3n) is 3.19. The van der Waals surface area contributed by atoms with Gasteiger partial charge in [-0.1, -0.05) is 12.1 Å². The second-order valence-electron chi connectivity index (χ2n) is 4.22. The van der Waals surface area contributed by atoms with Gasteiger partial charge in [-0.15, -0.1) is 0 Å². The summed E-state index contributed by atoms with van der Waals surface area (Å²) in [5.74, 6) is 0. The minimum atomic E-state index is -0.692. The van der Waals surface area contributed by atoms with Crippen LogP contribution in [0.2, 0.25) is 0 Å². The number of hydrogen-bond acceptors (Lipinski definition) is 2. The Morgan fingerprint density at radius 2 is 2.07 bits per heavy atom. The monoisotopic (exact) mass is 208 g/mol. The highest BCUT2D eigenvalue weighted by atomic mass is 19.1. The van der Waals surface area contributed by atoms with Crippen LogP contribution in [0.25, 0.3) is 0 Å². The average Bonchev–Trinajstić information content (AvgIpc) is 2.22. The van der Waals surface area contributed by atoms with Crippen molar-refractivity contribution in [2.45, 2.75) is 38.9 Å². The summed E-state index contributed by atoms with van der Waals surface area (Å²) in [5, 5.41) is 0. The summed E-state index contributed by atoms with van der Waals surface area (Å²) in [6.07, 6.45) is 0.910. The molecule has 0 aliphatic heterocycles. The minimum absolute atomic E-state index is 0.0232. The lowest BCUT2D eigenvalue weighted by atomic mass is 9.91. The third kappa shape index (κ3) is 2.12. The van der Waals surface area contributed by atoms with Crippen LogP contribution in [0.4, 0.5) is 10.1 Å². The van der Waals surface area contributed by atoms with Gasteiger partial charge in [0, 0.05) is 0 Å². The molecule has 2 atom stereocenters. The molecule has 0 bridgehead atoms. The summed E-state index contributed by atoms with van der Waals surface area (Å²) in [4.78, 5) is 0. The fourth-order valence-corrected chi connectivity index (χ4v) is 1.68. The number of rotatable bonds is 3. The first-order chi connectivity index (χ1) is 7.18. The van der Waals surface area contributed by atoms with Crippen molar-refractivity contribution in [3.05, 3.63) is 29.3 Å². The van der Waals surface area contributed by atoms with E-state index in [-0.39, 0.29) is 6.04 Å². The van der Waals surface area contributed by atoms with Crippen LogP contribution < -0.4 is 10.9 Å². The van der Waals surface area contributed by atoms with Gasteiger partial charge in [0.15, 0.2) is 0 Å². The van der Waals surface area contributed by atoms with Crippen molar-refractivity contribution in [3.8, 4) is 0 Å². The Kier molecular flexibility index (Phi) is 2.91. The van der Waals surface area contributed by atoms with Crippen LogP contribution in [-0.2, 0) is 0 Å². The van der Waals surface area contributed by atoms with Gasteiger partial charge in [-0.25, -0.2) is 9.82 Å². The maximum absolute atomic E-state index is 13.0. The van der Waals surface area contributed by atoms with E-state index >= 15 is 0 Å². The summed E-state index contributed by atoms with van der Waals surface area (Å²) >= 11 is 0. The quantitative estimate of drug-likeness (QED) is 0.746. The van der Waals surface area contributed by atoms with E-state index in [1.165, 1.54) is 11.1 Å². The number of alkyl halides is 1. The lowest BCUT2D eigenvalue weighted by Crippen LogP contribution is -2.48. The molecular formula is C12H17FN2. The highest BCUT2D eigenvalue weighted by Crippen LogP contribution is 2.24. The Balaban J connectivity index is 1.96. The number of anilines is 1. The molecule has 2 unspecified atom stereocenters. The zero-order valence-electron chi connectivity index (χ0n) is 9.18. The lowest BCUT2D eigenvalue weighted by Gasteiger charge is -2.31. The molecule has 0 spiro atoms. The van der Waals surface area contributed by atoms with E-state index < -0.39 is 6.17 Å². The highest BCUT2D eigenvalue weighted by molar-refractivity contribution is 5.52. The Morgan fingerprint density at radius 1 is 1.27 bits per heavy atom. The van der Waals surface area contributed by atoms with Gasteiger partial charge in [0.05, 0.1) is 11.7 Å². The van der Waals surface area contributed by atoms with E-state index in [9.17, 15) is 4.39 Å². The number of halogens is 1. The van der Waals surface area contributed by atoms with E-state index in [2.05, 4.69) is 30.8 Å². The Bertz CT molecular complexity index is 351. The fraction of sp³-hybridized carbons (Fsp3) is 0.500. The summed E-state index contributed by atoms with van der Waals surface area (Å²) in [7, 11) is 0. The molecule has 3 heteroatoms. The number of hydrazine groups is 1. The van der Waals surface area contributed by atoms with Crippen LogP contribution in [0.3, 0.4) is 0 Å². The van der Waals surface area contributed by atoms with Gasteiger partial charge in [0.1, 0.15) is 6.17 Å². The summed E-state index contributed by atoms with van der Waals surface area (Å²) in [5.41, 5.74) is 9.61. The molecule has 0 radical (unpaired) electrons. The van der Waals surface area contributed by atoms with Crippen LogP contribution in [0.5, 0.6) is 0 Å². The van der Waals surface area contributed by atoms with E-state index in [0.717, 1.165) is 12.1 Å². The van der Waals surface area contributed by atoms with Crippen LogP contribution in [0.1, 0.15) is 24.0 Å². The second-order valence-corrected chi connectivity index (χ2v) is 4.22. The van der Waals surface area contributed by atoms with E-state index in [1.54, 1.807) is 0 Å². The molecule has 1 aromatic rings. The van der Waals surface area contributed by atoms with Crippen LogP contribution in [0, 0.1) is 13.8 Å². The second kappa shape index (κ2) is 4.19. The van der Waals surface area contributed by atoms with Crippen LogP contribution in [0.15, 0.2) is 18.2 Å². The molecular weight excluding hydrogens is 191 g/mol. The van der Waals surface area contributed by atoms with Gasteiger partial charge in [0.2, 0.25) is 0 Å². The van der Waals surface area contributed by atoms with Crippen molar-refractivity contribution in [2.24, 2.45) is 0 Å². The molecule has 1 aliphatic carbocycles. The molecule has 2 N–H and O–H groups in total. The Hall–Kier alpha value is -1.09. The molecule has 1 aliphatic rings. The molecule has 0 aromatic heterocycles. The average molecular weight is 208 g/mol. The smallest absolute Gasteiger partial charge is 0.117 e. The highest BCUT2D eigenvalue weighted by Gasteiger charge is 2.30. The molecule has 15 heavy (non-hydrogen) atoms. The first kappa shape index (κ1) is 10.4. The van der Waals surface area contributed by atoms with Crippen molar-refractivity contribution in [2.75, 3.05) is 5.43 Å². The predicted octanol–water partition coefficient (Wildman–Crippen LogP) is 2.72. The van der Waals surface area contributed by atoms with Crippen LogP contribution >= 0.6 is 0 Å². The molecule has 2 rings (SSSR count). The number of hydrogen-bond donors (Lipinski definition) is 2. The minimum Gasteiger partial charge on any atom is -0.321 e. The topological polar surface area (TPSA) is 24.1 Å². The van der Waals surface area contributed by atoms with Gasteiger partial charge in [-0.2, -0.15) is 0 Å². The van der Waals surface area contributed by atoms with Crippen molar-refractivity contribution >= 4 is 5.69 Å². The van der Waals surface area contributed by atoms with Gasteiger partial charge in [-0.05, 0) is 43.9 Å². The van der Waals surface area contributed by atoms with E-state index in [4.69, 9.17) is 0 Å². The molecule has 0 saturated heterocycles. The normalized spacial score (nSPS) is 24.7. The third-order valence-corrected chi connectivity index (χ3v) is 3.19. The standard InChI is InChI=1S/C12H17FN2/c1-8-4-3-5-11(9(8)2)14-15-12-7-6-10(12)13/h3-5,10,12,14-15H,6-7H2,1-2H3. The molecule has 2 nitrogen and oxygen atoms in total. The number of benzene rings is 1. The summed E-state index contributed by atoms with van der Waals surface area (Å²) in [6.45, 7) is 4.13. The first-order valence-electron chi connectivity index (χ1n) is 5.40. The number of aryl methyl sites for hydroxylation is 1. The maximum Gasteiger partial charge on any atom is 0.117 e. The predicted molar refractivity (Wildman–Crippen MR) is 60.6 cm³/mol. The molecule has 0 heterocycles. The van der Waals surface area contributed by atoms with Crippen LogP contribution in [-0.4, -0.2) is 12.2 Å². The van der Waals surface area contributed by atoms with Crippen molar-refractivity contribution in [1.29, 1.82) is 0 Å². The fourth-order valence-electron chi connectivity index (χ4n) is 1.68. The van der Waals surface area contributed by atoms with Gasteiger partial charge in [-0.3, -0.25) is 0 Å². The van der Waals surface area contributed by atoms with Crippen molar-refractivity contribution in [3.63, 3.8) is 0 Å². The lowest BCUT2D eigenvalue weighted by molar-refractivity contribution is 0.149. The summed E-state index contributed by atoms with van der Waals surface area (Å²) in [6, 6.07) is 6.05. The van der Waals surface area contributed by atoms with Crippen molar-refractivity contribution < 1.29 is 4.39 Å². The zero-order valence-corrected chi connectivity index (χ0v) is 9.18. The first-order valence-corrected chi connectivity index (χ1v) is 5.40. The molecule has 1 fully saturated rings. The Morgan fingerprint density at radius 3 is 2.67 bits per heavy atom. The largest absolute Gasteiger partial charge is 0.321 e. The van der Waals surface area contributed by atoms with E-state index in [1.807, 2.05) is 12.1 Å². The van der Waals surface area contributed by atoms with Crippen molar-refractivity contribution in [1.82, 2.24) is 5.43 Å². The summed E-state index contributed by atoms with van der Waals surface area (Å²) < 4.78 is 13.0. The zero-order chi connectivity index (χ0) is 10.8. The van der Waals surface area contributed by atoms with Gasteiger partial charge >= 0.3 is 0 Å². The van der Waals surface area contributed by atoms with Gasteiger partial charge < -0.3 is 5.43 Å². The van der Waals surface area contributed by atoms with E-state index in [0.29, 0.717) is 6.42 Å². The van der Waals surface area contributed by atoms with Gasteiger partial charge in [0.25, 0.3) is 0 Å². The SMILES string of the molecule is Cc1cccc(NNC2CCC2F)c1C. The maximum atomic E-state index is 13.0. The Labute approximate surface area is 89.9 Å². The molecule has 82 valence electrons. The molecule has 1 aromatic carbocycles. The molecule has 1 saturated carbocycles. The molecule has 0 amide bonds.